The fourth-order valence-corrected chi connectivity index (χ4v) is 1.99. The first kappa shape index (κ1) is 12.5. The summed E-state index contributed by atoms with van der Waals surface area (Å²) in [7, 11) is 1.85. The fraction of sp³-hybridized carbons (Fsp3) is 0.286. The monoisotopic (exact) mass is 246 g/mol. The van der Waals surface area contributed by atoms with Gasteiger partial charge in [0, 0.05) is 18.8 Å². The molecule has 0 aliphatic heterocycles. The third kappa shape index (κ3) is 2.32. The zero-order chi connectivity index (χ0) is 13.1. The maximum atomic E-state index is 13.6. The van der Waals surface area contributed by atoms with Crippen LogP contribution in [-0.4, -0.2) is 16.1 Å². The molecule has 94 valence electrons. The van der Waals surface area contributed by atoms with Crippen molar-refractivity contribution in [3.8, 4) is 11.1 Å². The summed E-state index contributed by atoms with van der Waals surface area (Å²) in [6.07, 6.45) is 4.24. The van der Waals surface area contributed by atoms with Crippen LogP contribution >= 0.6 is 0 Å². The number of aromatic nitrogens is 2. The average molecular weight is 246 g/mol. The molecule has 0 N–H and O–H groups in total. The first-order chi connectivity index (χ1) is 8.65. The van der Waals surface area contributed by atoms with Crippen LogP contribution in [-0.2, 0) is 13.5 Å². The molecule has 0 radical (unpaired) electrons. The van der Waals surface area contributed by atoms with E-state index in [9.17, 15) is 9.18 Å². The van der Waals surface area contributed by atoms with E-state index < -0.39 is 5.82 Å². The maximum Gasteiger partial charge on any atom is 0.152 e. The Hall–Kier alpha value is -1.97. The molecule has 1 aromatic heterocycles. The average Bonchev–Trinajstić information content (AvgIpc) is 2.71. The second kappa shape index (κ2) is 5.12. The fourth-order valence-electron chi connectivity index (χ4n) is 1.99. The van der Waals surface area contributed by atoms with E-state index in [4.69, 9.17) is 0 Å². The van der Waals surface area contributed by atoms with Gasteiger partial charge >= 0.3 is 0 Å². The van der Waals surface area contributed by atoms with Gasteiger partial charge < -0.3 is 0 Å². The van der Waals surface area contributed by atoms with Crippen LogP contribution in [0.3, 0.4) is 0 Å². The van der Waals surface area contributed by atoms with E-state index in [1.54, 1.807) is 10.7 Å². The minimum atomic E-state index is -0.492. The third-order valence-electron chi connectivity index (χ3n) is 2.83. The van der Waals surface area contributed by atoms with Crippen molar-refractivity contribution in [2.24, 2.45) is 7.05 Å². The van der Waals surface area contributed by atoms with Gasteiger partial charge in [-0.1, -0.05) is 19.4 Å². The van der Waals surface area contributed by atoms with Gasteiger partial charge in [-0.2, -0.15) is 5.10 Å². The minimum absolute atomic E-state index is 0.0830. The van der Waals surface area contributed by atoms with Crippen LogP contribution in [0.15, 0.2) is 24.4 Å². The van der Waals surface area contributed by atoms with E-state index in [1.165, 1.54) is 12.1 Å². The molecule has 0 saturated carbocycles. The summed E-state index contributed by atoms with van der Waals surface area (Å²) in [5.74, 6) is -0.492. The van der Waals surface area contributed by atoms with Crippen LogP contribution in [0.2, 0.25) is 0 Å². The molecule has 4 heteroatoms. The lowest BCUT2D eigenvalue weighted by Crippen LogP contribution is -1.92. The second-order valence-electron chi connectivity index (χ2n) is 4.27. The van der Waals surface area contributed by atoms with Crippen molar-refractivity contribution in [2.75, 3.05) is 0 Å². The van der Waals surface area contributed by atoms with Crippen molar-refractivity contribution in [1.29, 1.82) is 0 Å². The topological polar surface area (TPSA) is 34.9 Å². The summed E-state index contributed by atoms with van der Waals surface area (Å²) in [6.45, 7) is 2.08. The number of nitrogens with zero attached hydrogens (tertiary/aromatic N) is 2. The van der Waals surface area contributed by atoms with Gasteiger partial charge in [-0.25, -0.2) is 4.39 Å². The normalized spacial score (nSPS) is 10.6. The highest BCUT2D eigenvalue weighted by Crippen LogP contribution is 2.25. The van der Waals surface area contributed by atoms with E-state index in [2.05, 4.69) is 12.0 Å². The highest BCUT2D eigenvalue weighted by Gasteiger charge is 2.11. The van der Waals surface area contributed by atoms with Crippen molar-refractivity contribution in [3.63, 3.8) is 0 Å². The number of carbonyl (C=O) groups is 1. The molecule has 3 nitrogen and oxygen atoms in total. The van der Waals surface area contributed by atoms with Crippen molar-refractivity contribution >= 4 is 6.29 Å². The molecular formula is C14H15FN2O. The zero-order valence-electron chi connectivity index (χ0n) is 10.5. The van der Waals surface area contributed by atoms with Crippen LogP contribution in [0, 0.1) is 5.82 Å². The van der Waals surface area contributed by atoms with Gasteiger partial charge in [0.25, 0.3) is 0 Å². The van der Waals surface area contributed by atoms with E-state index >= 15 is 0 Å². The highest BCUT2D eigenvalue weighted by atomic mass is 19.1. The number of rotatable bonds is 4. The van der Waals surface area contributed by atoms with Crippen molar-refractivity contribution < 1.29 is 9.18 Å². The van der Waals surface area contributed by atoms with Crippen LogP contribution in [0.5, 0.6) is 0 Å². The third-order valence-corrected chi connectivity index (χ3v) is 2.83. The molecule has 0 bridgehead atoms. The van der Waals surface area contributed by atoms with Gasteiger partial charge in [-0.3, -0.25) is 9.48 Å². The largest absolute Gasteiger partial charge is 0.298 e. The highest BCUT2D eigenvalue weighted by molar-refractivity contribution is 5.77. The van der Waals surface area contributed by atoms with Gasteiger partial charge in [0.15, 0.2) is 6.29 Å². The molecule has 0 saturated heterocycles. The molecule has 0 spiro atoms. The van der Waals surface area contributed by atoms with Gasteiger partial charge in [0.05, 0.1) is 11.3 Å². The second-order valence-corrected chi connectivity index (χ2v) is 4.27. The Morgan fingerprint density at radius 3 is 2.83 bits per heavy atom. The minimum Gasteiger partial charge on any atom is -0.298 e. The molecule has 0 amide bonds. The number of carbonyl (C=O) groups excluding carboxylic acids is 1. The Labute approximate surface area is 105 Å². The van der Waals surface area contributed by atoms with Gasteiger partial charge in [-0.05, 0) is 24.1 Å². The van der Waals surface area contributed by atoms with Gasteiger partial charge in [0.1, 0.15) is 5.82 Å². The number of halogens is 1. The SMILES string of the molecule is CCCc1nn(C)cc1-c1ccc(C=O)c(F)c1. The molecule has 0 atom stereocenters. The van der Waals surface area contributed by atoms with Crippen LogP contribution in [0.25, 0.3) is 11.1 Å². The Bertz CT molecular complexity index is 575. The molecule has 0 aliphatic rings. The number of aryl methyl sites for hydroxylation is 2. The van der Waals surface area contributed by atoms with Crippen LogP contribution in [0.1, 0.15) is 29.4 Å². The molecule has 2 rings (SSSR count). The standard InChI is InChI=1S/C14H15FN2O/c1-3-4-14-12(8-17(2)16-14)10-5-6-11(9-18)13(15)7-10/h5-9H,3-4H2,1-2H3. The molecule has 1 aromatic carbocycles. The Kier molecular flexibility index (Phi) is 3.55. The molecular weight excluding hydrogens is 231 g/mol. The predicted molar refractivity (Wildman–Crippen MR) is 68.0 cm³/mol. The maximum absolute atomic E-state index is 13.6. The molecule has 0 unspecified atom stereocenters. The smallest absolute Gasteiger partial charge is 0.152 e. The van der Waals surface area contributed by atoms with Gasteiger partial charge in [0.2, 0.25) is 0 Å². The van der Waals surface area contributed by atoms with Crippen LogP contribution < -0.4 is 0 Å². The van der Waals surface area contributed by atoms with E-state index in [0.717, 1.165) is 29.7 Å². The summed E-state index contributed by atoms with van der Waals surface area (Å²) >= 11 is 0. The molecule has 2 aromatic rings. The summed E-state index contributed by atoms with van der Waals surface area (Å²) < 4.78 is 15.3. The van der Waals surface area contributed by atoms with E-state index in [-0.39, 0.29) is 5.56 Å². The van der Waals surface area contributed by atoms with E-state index in [0.29, 0.717) is 6.29 Å². The summed E-state index contributed by atoms with van der Waals surface area (Å²) in [6, 6.07) is 4.64. The van der Waals surface area contributed by atoms with Crippen molar-refractivity contribution in [2.45, 2.75) is 19.8 Å². The van der Waals surface area contributed by atoms with Gasteiger partial charge in [-0.15, -0.1) is 0 Å². The quantitative estimate of drug-likeness (QED) is 0.777. The Morgan fingerprint density at radius 2 is 2.22 bits per heavy atom. The summed E-state index contributed by atoms with van der Waals surface area (Å²) in [5.41, 5.74) is 2.73. The van der Waals surface area contributed by atoms with Crippen molar-refractivity contribution in [1.82, 2.24) is 9.78 Å². The molecule has 0 fully saturated rings. The lowest BCUT2D eigenvalue weighted by atomic mass is 10.0. The summed E-state index contributed by atoms with van der Waals surface area (Å²) in [4.78, 5) is 10.6. The number of benzene rings is 1. The van der Waals surface area contributed by atoms with Crippen molar-refractivity contribution in [3.05, 3.63) is 41.5 Å². The Morgan fingerprint density at radius 1 is 1.44 bits per heavy atom. The number of aldehydes is 1. The van der Waals surface area contributed by atoms with Crippen LogP contribution in [0.4, 0.5) is 4.39 Å². The predicted octanol–water partition coefficient (Wildman–Crippen LogP) is 2.99. The zero-order valence-corrected chi connectivity index (χ0v) is 10.5. The summed E-state index contributed by atoms with van der Waals surface area (Å²) in [5, 5.41) is 4.37. The number of hydrogen-bond donors (Lipinski definition) is 0. The molecule has 18 heavy (non-hydrogen) atoms. The lowest BCUT2D eigenvalue weighted by molar-refractivity contribution is 0.112. The first-order valence-electron chi connectivity index (χ1n) is 5.93. The molecule has 0 aliphatic carbocycles. The van der Waals surface area contributed by atoms with E-state index in [1.807, 2.05) is 13.2 Å². The lowest BCUT2D eigenvalue weighted by Gasteiger charge is -2.02. The first-order valence-corrected chi connectivity index (χ1v) is 5.93. The number of hydrogen-bond acceptors (Lipinski definition) is 2. The Balaban J connectivity index is 2.47. The molecule has 1 heterocycles.